The fourth-order valence-corrected chi connectivity index (χ4v) is 10.6. The van der Waals surface area contributed by atoms with Crippen LogP contribution >= 0.6 is 0 Å². The second-order valence-electron chi connectivity index (χ2n) is 17.6. The third kappa shape index (κ3) is 6.08. The first kappa shape index (κ1) is 37.7. The van der Waals surface area contributed by atoms with Gasteiger partial charge in [0.15, 0.2) is 0 Å². The lowest BCUT2D eigenvalue weighted by atomic mass is 9.80. The van der Waals surface area contributed by atoms with Gasteiger partial charge < -0.3 is 4.90 Å². The molecule has 0 unspecified atom stereocenters. The van der Waals surface area contributed by atoms with Gasteiger partial charge in [-0.3, -0.25) is 0 Å². The first-order valence-electron chi connectivity index (χ1n) is 22.3. The van der Waals surface area contributed by atoms with Gasteiger partial charge in [-0.15, -0.1) is 0 Å². The van der Waals surface area contributed by atoms with Gasteiger partial charge in [-0.1, -0.05) is 196 Å². The molecule has 0 spiro atoms. The van der Waals surface area contributed by atoms with Crippen LogP contribution in [0.2, 0.25) is 0 Å². The number of hydrogen-bond acceptors (Lipinski definition) is 1. The average molecular weight is 816 g/mol. The summed E-state index contributed by atoms with van der Waals surface area (Å²) in [5.41, 5.74) is 18.4. The average Bonchev–Trinajstić information content (AvgIpc) is 3.59. The van der Waals surface area contributed by atoms with Crippen molar-refractivity contribution in [3.05, 3.63) is 248 Å². The lowest BCUT2D eigenvalue weighted by Crippen LogP contribution is -2.16. The molecule has 302 valence electrons. The van der Waals surface area contributed by atoms with Crippen LogP contribution < -0.4 is 4.90 Å². The van der Waals surface area contributed by atoms with Crippen LogP contribution in [0.5, 0.6) is 0 Å². The molecule has 0 saturated carbocycles. The number of hydrogen-bond donors (Lipinski definition) is 0. The van der Waals surface area contributed by atoms with Gasteiger partial charge in [0.2, 0.25) is 0 Å². The molecule has 0 aromatic heterocycles. The molecule has 0 atom stereocenters. The molecule has 0 heterocycles. The van der Waals surface area contributed by atoms with Gasteiger partial charge in [0.1, 0.15) is 0 Å². The number of anilines is 3. The number of nitrogens with zero attached hydrogens (tertiary/aromatic N) is 1. The molecule has 0 radical (unpaired) electrons. The Balaban J connectivity index is 1.06. The normalized spacial score (nSPS) is 12.7. The van der Waals surface area contributed by atoms with Crippen LogP contribution in [-0.2, 0) is 5.41 Å². The summed E-state index contributed by atoms with van der Waals surface area (Å²) in [6, 6.07) is 87.1. The van der Waals surface area contributed by atoms with E-state index < -0.39 is 0 Å². The Morgan fingerprint density at radius 2 is 0.750 bits per heavy atom. The summed E-state index contributed by atoms with van der Waals surface area (Å²) in [5, 5.41) is 7.62. The zero-order valence-corrected chi connectivity index (χ0v) is 36.0. The highest BCUT2D eigenvalue weighted by atomic mass is 15.1. The fraction of sp³-hybridized carbons (Fsp3) is 0.0476. The van der Waals surface area contributed by atoms with E-state index >= 15 is 0 Å². The van der Waals surface area contributed by atoms with E-state index in [0.29, 0.717) is 0 Å². The summed E-state index contributed by atoms with van der Waals surface area (Å²) >= 11 is 0. The number of benzene rings is 11. The van der Waals surface area contributed by atoms with Crippen LogP contribution in [-0.4, -0.2) is 0 Å². The quantitative estimate of drug-likeness (QED) is 0.145. The molecule has 1 aliphatic carbocycles. The van der Waals surface area contributed by atoms with E-state index in [9.17, 15) is 0 Å². The van der Waals surface area contributed by atoms with Crippen molar-refractivity contribution in [2.24, 2.45) is 0 Å². The van der Waals surface area contributed by atoms with Gasteiger partial charge in [-0.05, 0) is 154 Å². The van der Waals surface area contributed by atoms with E-state index in [4.69, 9.17) is 0 Å². The van der Waals surface area contributed by atoms with Crippen LogP contribution in [0.4, 0.5) is 17.1 Å². The van der Waals surface area contributed by atoms with Crippen LogP contribution in [0.25, 0.3) is 88.0 Å². The Bertz CT molecular complexity index is 3500. The maximum absolute atomic E-state index is 2.46. The predicted octanol–water partition coefficient (Wildman–Crippen LogP) is 17.6. The van der Waals surface area contributed by atoms with Crippen molar-refractivity contribution in [1.82, 2.24) is 0 Å². The first-order valence-corrected chi connectivity index (χ1v) is 22.3. The van der Waals surface area contributed by atoms with E-state index in [1.807, 2.05) is 0 Å². The Kier molecular flexibility index (Phi) is 8.91. The molecule has 0 N–H and O–H groups in total. The lowest BCUT2D eigenvalue weighted by Gasteiger charge is -2.28. The standard InChI is InChI=1S/C63H45N/c1-63(2)58-39-46(32-35-51(58)52-37-34-49(40-59(52)63)64(47-26-14-6-15-27-47)48-28-16-7-17-29-48)45-33-36-54-57(38-45)50-30-18-19-31-53(50)61-56(43-22-10-4-11-23-43)41-55(42-20-8-3-9-21-42)60(62(54)61)44-24-12-5-13-25-44/h3-41H,1-2H3. The molecule has 64 heavy (non-hydrogen) atoms. The Morgan fingerprint density at radius 1 is 0.281 bits per heavy atom. The molecule has 11 aromatic rings. The van der Waals surface area contributed by atoms with E-state index in [1.165, 1.54) is 99.1 Å². The van der Waals surface area contributed by atoms with E-state index in [-0.39, 0.29) is 5.41 Å². The summed E-state index contributed by atoms with van der Waals surface area (Å²) in [6.45, 7) is 4.78. The van der Waals surface area contributed by atoms with Gasteiger partial charge in [0.05, 0.1) is 0 Å². The van der Waals surface area contributed by atoms with Gasteiger partial charge in [0, 0.05) is 22.5 Å². The number of fused-ring (bicyclic) bond motifs is 9. The molecule has 1 heteroatoms. The second kappa shape index (κ2) is 15.1. The van der Waals surface area contributed by atoms with Crippen LogP contribution in [0.15, 0.2) is 237 Å². The van der Waals surface area contributed by atoms with Crippen molar-refractivity contribution < 1.29 is 0 Å². The number of rotatable bonds is 7. The summed E-state index contributed by atoms with van der Waals surface area (Å²) in [4.78, 5) is 2.36. The highest BCUT2D eigenvalue weighted by Crippen LogP contribution is 2.53. The molecule has 0 aliphatic heterocycles. The smallest absolute Gasteiger partial charge is 0.0465 e. The van der Waals surface area contributed by atoms with Crippen molar-refractivity contribution in [2.75, 3.05) is 4.90 Å². The topological polar surface area (TPSA) is 3.24 Å². The van der Waals surface area contributed by atoms with Crippen molar-refractivity contribution >= 4 is 49.4 Å². The van der Waals surface area contributed by atoms with Crippen LogP contribution in [0.1, 0.15) is 25.0 Å². The minimum absolute atomic E-state index is 0.207. The summed E-state index contributed by atoms with van der Waals surface area (Å²) in [7, 11) is 0. The van der Waals surface area contributed by atoms with Crippen molar-refractivity contribution in [2.45, 2.75) is 19.3 Å². The minimum atomic E-state index is -0.207. The zero-order chi connectivity index (χ0) is 42.8. The molecule has 1 aliphatic rings. The Labute approximate surface area is 375 Å². The maximum atomic E-state index is 2.46. The molecule has 0 amide bonds. The highest BCUT2D eigenvalue weighted by molar-refractivity contribution is 6.33. The van der Waals surface area contributed by atoms with E-state index in [2.05, 4.69) is 255 Å². The van der Waals surface area contributed by atoms with E-state index in [0.717, 1.165) is 17.1 Å². The fourth-order valence-electron chi connectivity index (χ4n) is 10.6. The maximum Gasteiger partial charge on any atom is 0.0465 e. The Hall–Kier alpha value is -8.00. The monoisotopic (exact) mass is 815 g/mol. The number of para-hydroxylation sites is 2. The largest absolute Gasteiger partial charge is 0.310 e. The van der Waals surface area contributed by atoms with Crippen molar-refractivity contribution in [3.8, 4) is 55.6 Å². The van der Waals surface area contributed by atoms with Crippen LogP contribution in [0.3, 0.4) is 0 Å². The van der Waals surface area contributed by atoms with Gasteiger partial charge in [-0.25, -0.2) is 0 Å². The Morgan fingerprint density at radius 3 is 1.38 bits per heavy atom. The van der Waals surface area contributed by atoms with Crippen LogP contribution in [0, 0.1) is 0 Å². The molecular formula is C63H45N. The van der Waals surface area contributed by atoms with Crippen molar-refractivity contribution in [1.29, 1.82) is 0 Å². The van der Waals surface area contributed by atoms with Crippen molar-refractivity contribution in [3.63, 3.8) is 0 Å². The van der Waals surface area contributed by atoms with E-state index in [1.54, 1.807) is 0 Å². The summed E-state index contributed by atoms with van der Waals surface area (Å²) in [6.07, 6.45) is 0. The molecule has 1 nitrogen and oxygen atoms in total. The summed E-state index contributed by atoms with van der Waals surface area (Å²) in [5.74, 6) is 0. The third-order valence-electron chi connectivity index (χ3n) is 13.6. The SMILES string of the molecule is CC1(C)c2cc(-c3ccc4c(c3)c3ccccc3c3c(-c5ccccc5)cc(-c5ccccc5)c(-c5ccccc5)c43)ccc2-c2ccc(N(c3ccccc3)c3ccccc3)cc21. The predicted molar refractivity (Wildman–Crippen MR) is 273 cm³/mol. The second-order valence-corrected chi connectivity index (χ2v) is 17.6. The summed E-state index contributed by atoms with van der Waals surface area (Å²) < 4.78 is 0. The van der Waals surface area contributed by atoms with Gasteiger partial charge in [0.25, 0.3) is 0 Å². The third-order valence-corrected chi connectivity index (χ3v) is 13.6. The highest BCUT2D eigenvalue weighted by Gasteiger charge is 2.36. The molecule has 0 saturated heterocycles. The molecule has 12 rings (SSSR count). The van der Waals surface area contributed by atoms with Gasteiger partial charge >= 0.3 is 0 Å². The molecule has 0 bridgehead atoms. The minimum Gasteiger partial charge on any atom is -0.310 e. The molecule has 11 aromatic carbocycles. The first-order chi connectivity index (χ1) is 31.5. The lowest BCUT2D eigenvalue weighted by molar-refractivity contribution is 0.660. The van der Waals surface area contributed by atoms with Gasteiger partial charge in [-0.2, -0.15) is 0 Å². The molecule has 0 fully saturated rings. The zero-order valence-electron chi connectivity index (χ0n) is 36.0. The molecular weight excluding hydrogens is 771 g/mol.